The zero-order valence-corrected chi connectivity index (χ0v) is 16.7. The van der Waals surface area contributed by atoms with Gasteiger partial charge in [-0.05, 0) is 31.6 Å². The van der Waals surface area contributed by atoms with Crippen LogP contribution in [0.1, 0.15) is 32.6 Å². The normalized spacial score (nSPS) is 21.6. The molecular formula is C16H32IN3O3. The Labute approximate surface area is 156 Å². The number of hydrogen-bond acceptors (Lipinski definition) is 4. The molecule has 7 heteroatoms. The van der Waals surface area contributed by atoms with E-state index in [9.17, 15) is 5.11 Å². The molecule has 2 fully saturated rings. The van der Waals surface area contributed by atoms with Gasteiger partial charge in [0.05, 0.1) is 31.8 Å². The third-order valence-corrected chi connectivity index (χ3v) is 4.95. The van der Waals surface area contributed by atoms with Gasteiger partial charge in [-0.1, -0.05) is 6.42 Å². The average molecular weight is 441 g/mol. The maximum absolute atomic E-state index is 9.48. The number of nitrogens with one attached hydrogen (secondary N) is 2. The van der Waals surface area contributed by atoms with Gasteiger partial charge in [-0.15, -0.1) is 24.0 Å². The molecule has 0 aromatic carbocycles. The molecule has 0 bridgehead atoms. The van der Waals surface area contributed by atoms with Gasteiger partial charge >= 0.3 is 0 Å². The van der Waals surface area contributed by atoms with Crippen molar-refractivity contribution in [2.75, 3.05) is 53.2 Å². The number of methoxy groups -OCH3 is 1. The number of aliphatic hydroxyl groups is 1. The monoisotopic (exact) mass is 441 g/mol. The highest BCUT2D eigenvalue weighted by Crippen LogP contribution is 2.43. The lowest BCUT2D eigenvalue weighted by Gasteiger charge is -2.42. The van der Waals surface area contributed by atoms with Crippen molar-refractivity contribution in [3.05, 3.63) is 0 Å². The van der Waals surface area contributed by atoms with E-state index in [0.29, 0.717) is 25.2 Å². The summed E-state index contributed by atoms with van der Waals surface area (Å²) >= 11 is 0. The van der Waals surface area contributed by atoms with Crippen LogP contribution in [0.25, 0.3) is 0 Å². The Bertz CT molecular complexity index is 366. The van der Waals surface area contributed by atoms with Crippen LogP contribution in [0.5, 0.6) is 0 Å². The second-order valence-corrected chi connectivity index (χ2v) is 6.80. The van der Waals surface area contributed by atoms with E-state index in [-0.39, 0.29) is 36.0 Å². The number of halogens is 1. The van der Waals surface area contributed by atoms with Gasteiger partial charge in [0, 0.05) is 26.8 Å². The summed E-state index contributed by atoms with van der Waals surface area (Å²) < 4.78 is 10.5. The summed E-state index contributed by atoms with van der Waals surface area (Å²) in [6.45, 7) is 6.59. The molecule has 0 aromatic heterocycles. The molecule has 0 unspecified atom stereocenters. The van der Waals surface area contributed by atoms with Crippen molar-refractivity contribution < 1.29 is 14.6 Å². The summed E-state index contributed by atoms with van der Waals surface area (Å²) in [5.41, 5.74) is 0.188. The predicted molar refractivity (Wildman–Crippen MR) is 103 cm³/mol. The number of aliphatic hydroxyl groups excluding tert-OH is 1. The van der Waals surface area contributed by atoms with Crippen molar-refractivity contribution in [3.63, 3.8) is 0 Å². The van der Waals surface area contributed by atoms with Gasteiger partial charge in [0.15, 0.2) is 5.96 Å². The highest BCUT2D eigenvalue weighted by Gasteiger charge is 2.38. The molecule has 1 aliphatic heterocycles. The fourth-order valence-electron chi connectivity index (χ4n) is 2.99. The summed E-state index contributed by atoms with van der Waals surface area (Å²) in [5.74, 6) is 0.839. The maximum atomic E-state index is 9.48. The molecule has 136 valence electrons. The van der Waals surface area contributed by atoms with Crippen molar-refractivity contribution in [1.29, 1.82) is 0 Å². The van der Waals surface area contributed by atoms with Crippen molar-refractivity contribution in [3.8, 4) is 0 Å². The van der Waals surface area contributed by atoms with Crippen molar-refractivity contribution in [1.82, 2.24) is 10.6 Å². The van der Waals surface area contributed by atoms with Crippen LogP contribution in [0.2, 0.25) is 0 Å². The van der Waals surface area contributed by atoms with Gasteiger partial charge in [0.25, 0.3) is 0 Å². The lowest BCUT2D eigenvalue weighted by atomic mass is 9.67. The number of guanidine groups is 1. The molecule has 3 N–H and O–H groups in total. The minimum absolute atomic E-state index is 0. The third-order valence-electron chi connectivity index (χ3n) is 4.95. The zero-order chi connectivity index (χ0) is 15.9. The van der Waals surface area contributed by atoms with Crippen LogP contribution in [0.3, 0.4) is 0 Å². The van der Waals surface area contributed by atoms with E-state index in [4.69, 9.17) is 9.47 Å². The first-order valence-corrected chi connectivity index (χ1v) is 8.37. The molecule has 23 heavy (non-hydrogen) atoms. The Morgan fingerprint density at radius 2 is 2.00 bits per heavy atom. The van der Waals surface area contributed by atoms with E-state index in [2.05, 4.69) is 22.5 Å². The topological polar surface area (TPSA) is 75.1 Å². The smallest absolute Gasteiger partial charge is 0.191 e. The van der Waals surface area contributed by atoms with Gasteiger partial charge in [-0.3, -0.25) is 4.99 Å². The summed E-state index contributed by atoms with van der Waals surface area (Å²) in [6, 6.07) is 0. The molecule has 1 saturated heterocycles. The SMILES string of the molecule is CCNC(=NCC1(CO)COC1)NCC1(CCOC)CCC1.I. The molecule has 0 spiro atoms. The van der Waals surface area contributed by atoms with E-state index in [1.54, 1.807) is 7.11 Å². The molecule has 1 heterocycles. The number of nitrogens with zero attached hydrogens (tertiary/aromatic N) is 1. The average Bonchev–Trinajstić information content (AvgIpc) is 2.45. The molecule has 1 saturated carbocycles. The second-order valence-electron chi connectivity index (χ2n) is 6.80. The fourth-order valence-corrected chi connectivity index (χ4v) is 2.99. The quantitative estimate of drug-likeness (QED) is 0.287. The predicted octanol–water partition coefficient (Wildman–Crippen LogP) is 1.38. The van der Waals surface area contributed by atoms with E-state index in [0.717, 1.165) is 32.1 Å². The van der Waals surface area contributed by atoms with E-state index in [1.165, 1.54) is 19.3 Å². The number of hydrogen-bond donors (Lipinski definition) is 3. The molecule has 0 radical (unpaired) electrons. The standard InChI is InChI=1S/C16H31N3O3.HI/c1-3-17-14(19-10-16(11-20)12-22-13-16)18-9-15(5-4-6-15)7-8-21-2;/h20H,3-13H2,1-2H3,(H2,17,18,19);1H. The third kappa shape index (κ3) is 5.72. The second kappa shape index (κ2) is 10.0. The molecule has 1 aliphatic carbocycles. The Morgan fingerprint density at radius 3 is 2.43 bits per heavy atom. The van der Waals surface area contributed by atoms with Crippen molar-refractivity contribution >= 4 is 29.9 Å². The Morgan fingerprint density at radius 1 is 1.26 bits per heavy atom. The highest BCUT2D eigenvalue weighted by atomic mass is 127. The fraction of sp³-hybridized carbons (Fsp3) is 0.938. The number of aliphatic imine (C=N–C) groups is 1. The largest absolute Gasteiger partial charge is 0.396 e. The van der Waals surface area contributed by atoms with Crippen LogP contribution in [0, 0.1) is 10.8 Å². The Kier molecular flexibility index (Phi) is 9.10. The van der Waals surface area contributed by atoms with E-state index >= 15 is 0 Å². The highest BCUT2D eigenvalue weighted by molar-refractivity contribution is 14.0. The lowest BCUT2D eigenvalue weighted by Crippen LogP contribution is -2.50. The van der Waals surface area contributed by atoms with Crippen LogP contribution < -0.4 is 10.6 Å². The molecule has 0 aromatic rings. The molecule has 6 nitrogen and oxygen atoms in total. The Balaban J connectivity index is 0.00000264. The molecule has 2 rings (SSSR count). The first-order valence-electron chi connectivity index (χ1n) is 8.37. The van der Waals surface area contributed by atoms with Crippen molar-refractivity contribution in [2.24, 2.45) is 15.8 Å². The zero-order valence-electron chi connectivity index (χ0n) is 14.4. The number of rotatable bonds is 9. The van der Waals surface area contributed by atoms with E-state index < -0.39 is 0 Å². The minimum atomic E-state index is -0.174. The van der Waals surface area contributed by atoms with Gasteiger partial charge < -0.3 is 25.2 Å². The molecule has 0 atom stereocenters. The van der Waals surface area contributed by atoms with Crippen LogP contribution in [0.4, 0.5) is 0 Å². The van der Waals surface area contributed by atoms with Gasteiger partial charge in [-0.25, -0.2) is 0 Å². The molecular weight excluding hydrogens is 409 g/mol. The van der Waals surface area contributed by atoms with Crippen LogP contribution >= 0.6 is 24.0 Å². The van der Waals surface area contributed by atoms with Crippen LogP contribution in [-0.4, -0.2) is 64.2 Å². The first kappa shape index (κ1) is 20.9. The van der Waals surface area contributed by atoms with E-state index in [1.807, 2.05) is 0 Å². The first-order chi connectivity index (χ1) is 10.7. The van der Waals surface area contributed by atoms with Gasteiger partial charge in [0.2, 0.25) is 0 Å². The Hall–Kier alpha value is -0.120. The van der Waals surface area contributed by atoms with Crippen molar-refractivity contribution in [2.45, 2.75) is 32.6 Å². The summed E-state index contributed by atoms with van der Waals surface area (Å²) in [4.78, 5) is 4.64. The summed E-state index contributed by atoms with van der Waals surface area (Å²) in [5, 5.41) is 16.2. The van der Waals surface area contributed by atoms with Crippen LogP contribution in [-0.2, 0) is 9.47 Å². The lowest BCUT2D eigenvalue weighted by molar-refractivity contribution is -0.130. The summed E-state index contributed by atoms with van der Waals surface area (Å²) in [6.07, 6.45) is 4.93. The van der Waals surface area contributed by atoms with Gasteiger partial charge in [-0.2, -0.15) is 0 Å². The molecule has 0 amide bonds. The summed E-state index contributed by atoms with van der Waals surface area (Å²) in [7, 11) is 1.76. The maximum Gasteiger partial charge on any atom is 0.191 e. The van der Waals surface area contributed by atoms with Crippen LogP contribution in [0.15, 0.2) is 4.99 Å². The van der Waals surface area contributed by atoms with Gasteiger partial charge in [0.1, 0.15) is 0 Å². The number of ether oxygens (including phenoxy) is 2. The minimum Gasteiger partial charge on any atom is -0.396 e. The molecule has 2 aliphatic rings.